The van der Waals surface area contributed by atoms with Gasteiger partial charge in [-0.25, -0.2) is 0 Å². The number of benzene rings is 1. The molecule has 23 heavy (non-hydrogen) atoms. The molecule has 0 aromatic heterocycles. The molecule has 128 valence electrons. The number of carboxylic acid groups (broad SMARTS) is 1. The molecule has 3 heteroatoms. The van der Waals surface area contributed by atoms with Crippen LogP contribution in [0, 0.1) is 5.41 Å². The zero-order chi connectivity index (χ0) is 17.1. The van der Waals surface area contributed by atoms with E-state index in [1.54, 1.807) is 6.92 Å². The molecule has 0 spiro atoms. The monoisotopic (exact) mass is 317 g/mol. The van der Waals surface area contributed by atoms with E-state index in [4.69, 9.17) is 0 Å². The number of carbonyl (C=O) groups is 1. The van der Waals surface area contributed by atoms with Crippen molar-refractivity contribution in [3.05, 3.63) is 34.9 Å². The van der Waals surface area contributed by atoms with Gasteiger partial charge in [-0.15, -0.1) is 0 Å². The number of hydrogen-bond acceptors (Lipinski definition) is 2. The lowest BCUT2D eigenvalue weighted by Crippen LogP contribution is -2.49. The van der Waals surface area contributed by atoms with Crippen molar-refractivity contribution >= 4 is 5.97 Å². The van der Waals surface area contributed by atoms with Crippen LogP contribution in [0.2, 0.25) is 0 Å². The molecule has 0 heterocycles. The predicted molar refractivity (Wildman–Crippen MR) is 94.7 cm³/mol. The average Bonchev–Trinajstić information content (AvgIpc) is 2.50. The highest BCUT2D eigenvalue weighted by Crippen LogP contribution is 2.27. The summed E-state index contributed by atoms with van der Waals surface area (Å²) in [6, 6.07) is 6.62. The predicted octanol–water partition coefficient (Wildman–Crippen LogP) is 4.32. The van der Waals surface area contributed by atoms with E-state index in [9.17, 15) is 9.90 Å². The molecule has 0 bridgehead atoms. The van der Waals surface area contributed by atoms with E-state index in [-0.39, 0.29) is 5.41 Å². The van der Waals surface area contributed by atoms with Gasteiger partial charge in [0.05, 0.1) is 0 Å². The molecule has 1 aliphatic rings. The van der Waals surface area contributed by atoms with Gasteiger partial charge in [0, 0.05) is 6.54 Å². The zero-order valence-electron chi connectivity index (χ0n) is 15.0. The molecular formula is C20H31NO2. The van der Waals surface area contributed by atoms with Crippen molar-refractivity contribution in [3.8, 4) is 0 Å². The fourth-order valence-electron chi connectivity index (χ4n) is 3.09. The number of aliphatic carboxylic acids is 1. The lowest BCUT2D eigenvalue weighted by molar-refractivity contribution is -0.144. The van der Waals surface area contributed by atoms with Crippen molar-refractivity contribution in [3.63, 3.8) is 0 Å². The summed E-state index contributed by atoms with van der Waals surface area (Å²) < 4.78 is 0. The van der Waals surface area contributed by atoms with Crippen LogP contribution in [0.25, 0.3) is 0 Å². The van der Waals surface area contributed by atoms with E-state index in [1.165, 1.54) is 36.0 Å². The first-order valence-electron chi connectivity index (χ1n) is 8.79. The number of hydrogen-bond donors (Lipinski definition) is 2. The van der Waals surface area contributed by atoms with E-state index in [1.807, 2.05) is 0 Å². The minimum atomic E-state index is -0.872. The summed E-state index contributed by atoms with van der Waals surface area (Å²) in [6.07, 6.45) is 6.41. The summed E-state index contributed by atoms with van der Waals surface area (Å²) in [5, 5.41) is 12.9. The van der Waals surface area contributed by atoms with Crippen LogP contribution in [0.5, 0.6) is 0 Å². The van der Waals surface area contributed by atoms with Crippen LogP contribution in [-0.2, 0) is 24.2 Å². The Kier molecular flexibility index (Phi) is 5.51. The van der Waals surface area contributed by atoms with Crippen LogP contribution in [0.3, 0.4) is 0 Å². The van der Waals surface area contributed by atoms with Crippen LogP contribution >= 0.6 is 0 Å². The number of carboxylic acids is 1. The fraction of sp³-hybridized carbons (Fsp3) is 0.650. The SMILES string of the molecule is CC(C)(C)CCC(C)(NCc1ccc2c(c1)CCCC2)C(=O)O. The van der Waals surface area contributed by atoms with Crippen LogP contribution in [-0.4, -0.2) is 16.6 Å². The molecule has 3 nitrogen and oxygen atoms in total. The summed E-state index contributed by atoms with van der Waals surface area (Å²) in [4.78, 5) is 11.7. The first-order chi connectivity index (χ1) is 10.7. The van der Waals surface area contributed by atoms with Crippen LogP contribution in [0.15, 0.2) is 18.2 Å². The second kappa shape index (κ2) is 7.04. The van der Waals surface area contributed by atoms with Gasteiger partial charge in [0.25, 0.3) is 0 Å². The molecule has 0 radical (unpaired) electrons. The topological polar surface area (TPSA) is 49.3 Å². The van der Waals surface area contributed by atoms with Gasteiger partial charge in [-0.05, 0) is 67.6 Å². The molecule has 0 saturated heterocycles. The third-order valence-electron chi connectivity index (χ3n) is 4.94. The number of fused-ring (bicyclic) bond motifs is 1. The second-order valence-electron chi connectivity index (χ2n) is 8.36. The molecule has 0 fully saturated rings. The highest BCUT2D eigenvalue weighted by atomic mass is 16.4. The number of aryl methyl sites for hydroxylation is 2. The van der Waals surface area contributed by atoms with Crippen LogP contribution in [0.4, 0.5) is 0 Å². The second-order valence-corrected chi connectivity index (χ2v) is 8.36. The van der Waals surface area contributed by atoms with Crippen molar-refractivity contribution in [2.24, 2.45) is 5.41 Å². The quantitative estimate of drug-likeness (QED) is 0.821. The van der Waals surface area contributed by atoms with Crippen LogP contribution in [0.1, 0.15) is 70.1 Å². The van der Waals surface area contributed by atoms with Gasteiger partial charge in [0.1, 0.15) is 5.54 Å². The lowest BCUT2D eigenvalue weighted by Gasteiger charge is -2.30. The molecule has 2 rings (SSSR count). The molecule has 1 atom stereocenters. The van der Waals surface area contributed by atoms with Crippen molar-refractivity contribution in [1.29, 1.82) is 0 Å². The molecule has 0 aliphatic heterocycles. The van der Waals surface area contributed by atoms with E-state index in [0.717, 1.165) is 12.8 Å². The largest absolute Gasteiger partial charge is 0.480 e. The van der Waals surface area contributed by atoms with Gasteiger partial charge in [-0.3, -0.25) is 10.1 Å². The Labute approximate surface area is 140 Å². The Bertz CT molecular complexity index is 559. The standard InChI is InChI=1S/C20H31NO2/c1-19(2,3)11-12-20(4,18(22)23)21-14-15-9-10-16-7-5-6-8-17(16)13-15/h9-10,13,21H,5-8,11-12,14H2,1-4H3,(H,22,23). The number of nitrogens with one attached hydrogen (secondary N) is 1. The third-order valence-corrected chi connectivity index (χ3v) is 4.94. The smallest absolute Gasteiger partial charge is 0.323 e. The van der Waals surface area contributed by atoms with E-state index in [2.05, 4.69) is 44.3 Å². The van der Waals surface area contributed by atoms with Gasteiger partial charge >= 0.3 is 5.97 Å². The Morgan fingerprint density at radius 2 is 1.74 bits per heavy atom. The highest BCUT2D eigenvalue weighted by Gasteiger charge is 2.33. The van der Waals surface area contributed by atoms with Crippen molar-refractivity contribution < 1.29 is 9.90 Å². The molecule has 1 aromatic rings. The van der Waals surface area contributed by atoms with Gasteiger partial charge < -0.3 is 5.11 Å². The fourth-order valence-corrected chi connectivity index (χ4v) is 3.09. The maximum atomic E-state index is 11.7. The maximum Gasteiger partial charge on any atom is 0.323 e. The highest BCUT2D eigenvalue weighted by molar-refractivity contribution is 5.78. The van der Waals surface area contributed by atoms with Crippen molar-refractivity contribution in [2.75, 3.05) is 0 Å². The average molecular weight is 317 g/mol. The number of rotatable bonds is 6. The first kappa shape index (κ1) is 18.0. The summed E-state index contributed by atoms with van der Waals surface area (Å²) in [5.41, 5.74) is 3.37. The minimum absolute atomic E-state index is 0.143. The Morgan fingerprint density at radius 3 is 2.35 bits per heavy atom. The van der Waals surface area contributed by atoms with E-state index < -0.39 is 11.5 Å². The molecule has 0 saturated carbocycles. The first-order valence-corrected chi connectivity index (χ1v) is 8.79. The summed E-state index contributed by atoms with van der Waals surface area (Å²) in [5.74, 6) is -0.764. The third kappa shape index (κ3) is 5.07. The molecule has 2 N–H and O–H groups in total. The maximum absolute atomic E-state index is 11.7. The van der Waals surface area contributed by atoms with Crippen molar-refractivity contribution in [1.82, 2.24) is 5.32 Å². The van der Waals surface area contributed by atoms with E-state index in [0.29, 0.717) is 13.0 Å². The van der Waals surface area contributed by atoms with Crippen LogP contribution < -0.4 is 5.32 Å². The van der Waals surface area contributed by atoms with Gasteiger partial charge in [0.2, 0.25) is 0 Å². The Balaban J connectivity index is 2.02. The zero-order valence-corrected chi connectivity index (χ0v) is 15.0. The molecule has 1 aromatic carbocycles. The summed E-state index contributed by atoms with van der Waals surface area (Å²) in [7, 11) is 0. The normalized spacial score (nSPS) is 17.4. The van der Waals surface area contributed by atoms with E-state index >= 15 is 0 Å². The molecule has 1 aliphatic carbocycles. The Hall–Kier alpha value is -1.35. The molecule has 1 unspecified atom stereocenters. The molecule has 0 amide bonds. The minimum Gasteiger partial charge on any atom is -0.480 e. The summed E-state index contributed by atoms with van der Waals surface area (Å²) in [6.45, 7) is 8.87. The van der Waals surface area contributed by atoms with Crippen molar-refractivity contribution in [2.45, 2.75) is 78.3 Å². The lowest BCUT2D eigenvalue weighted by atomic mass is 9.83. The summed E-state index contributed by atoms with van der Waals surface area (Å²) >= 11 is 0. The van der Waals surface area contributed by atoms with Gasteiger partial charge in [-0.2, -0.15) is 0 Å². The van der Waals surface area contributed by atoms with Gasteiger partial charge in [0.15, 0.2) is 0 Å². The Morgan fingerprint density at radius 1 is 1.09 bits per heavy atom. The molecular weight excluding hydrogens is 286 g/mol. The van der Waals surface area contributed by atoms with Gasteiger partial charge in [-0.1, -0.05) is 39.0 Å².